The van der Waals surface area contributed by atoms with E-state index >= 15 is 0 Å². The average molecular weight is 213 g/mol. The molecule has 0 aliphatic rings. The van der Waals surface area contributed by atoms with Crippen molar-refractivity contribution in [2.24, 2.45) is 0 Å². The summed E-state index contributed by atoms with van der Waals surface area (Å²) in [7, 11) is 0. The first-order chi connectivity index (χ1) is 6.99. The van der Waals surface area contributed by atoms with Crippen LogP contribution in [-0.2, 0) is 0 Å². The number of aromatic nitrogens is 2. The van der Waals surface area contributed by atoms with Crippen LogP contribution in [0.1, 0.15) is 6.92 Å². The van der Waals surface area contributed by atoms with Gasteiger partial charge >= 0.3 is 0 Å². The van der Waals surface area contributed by atoms with Gasteiger partial charge in [-0.1, -0.05) is 0 Å². The summed E-state index contributed by atoms with van der Waals surface area (Å²) in [5.41, 5.74) is 9.99. The van der Waals surface area contributed by atoms with Crippen molar-refractivity contribution < 1.29 is 10.2 Å². The quantitative estimate of drug-likeness (QED) is 0.424. The van der Waals surface area contributed by atoms with Crippen LogP contribution in [0.2, 0.25) is 0 Å². The minimum atomic E-state index is -0.868. The molecule has 0 radical (unpaired) electrons. The lowest BCUT2D eigenvalue weighted by Crippen LogP contribution is -2.42. The van der Waals surface area contributed by atoms with Crippen molar-refractivity contribution in [3.8, 4) is 0 Å². The Morgan fingerprint density at radius 3 is 2.40 bits per heavy atom. The zero-order chi connectivity index (χ0) is 11.5. The topological polar surface area (TPSA) is 130 Å². The van der Waals surface area contributed by atoms with Crippen LogP contribution >= 0.6 is 0 Å². The maximum Gasteiger partial charge on any atom is 0.223 e. The summed E-state index contributed by atoms with van der Waals surface area (Å²) in [6.45, 7) is 1.15. The molecule has 15 heavy (non-hydrogen) atoms. The number of nitrogens with one attached hydrogen (secondary N) is 1. The average Bonchev–Trinajstić information content (AvgIpc) is 2.16. The van der Waals surface area contributed by atoms with Crippen molar-refractivity contribution in [3.63, 3.8) is 0 Å². The molecule has 0 spiro atoms. The highest BCUT2D eigenvalue weighted by Crippen LogP contribution is 2.15. The summed E-state index contributed by atoms with van der Waals surface area (Å²) in [6.07, 6.45) is 0. The van der Waals surface area contributed by atoms with Gasteiger partial charge < -0.3 is 27.0 Å². The number of anilines is 3. The van der Waals surface area contributed by atoms with Gasteiger partial charge in [0.25, 0.3) is 0 Å². The number of hydrogen-bond acceptors (Lipinski definition) is 7. The normalized spacial score (nSPS) is 11.4. The van der Waals surface area contributed by atoms with E-state index in [0.29, 0.717) is 5.82 Å². The van der Waals surface area contributed by atoms with Crippen LogP contribution in [0.25, 0.3) is 0 Å². The lowest BCUT2D eigenvalue weighted by Gasteiger charge is -2.26. The molecule has 0 amide bonds. The van der Waals surface area contributed by atoms with Crippen molar-refractivity contribution in [1.82, 2.24) is 9.97 Å². The smallest absolute Gasteiger partial charge is 0.223 e. The highest BCUT2D eigenvalue weighted by molar-refractivity contribution is 5.49. The third kappa shape index (κ3) is 2.93. The van der Waals surface area contributed by atoms with Crippen LogP contribution in [0, 0.1) is 0 Å². The van der Waals surface area contributed by atoms with Crippen molar-refractivity contribution in [2.45, 2.75) is 12.5 Å². The molecule has 7 nitrogen and oxygen atoms in total. The zero-order valence-corrected chi connectivity index (χ0v) is 8.44. The van der Waals surface area contributed by atoms with Gasteiger partial charge in [0.2, 0.25) is 5.95 Å². The largest absolute Gasteiger partial charge is 0.394 e. The Balaban J connectivity index is 2.88. The molecule has 1 heterocycles. The number of aliphatic hydroxyl groups excluding tert-OH is 2. The van der Waals surface area contributed by atoms with Gasteiger partial charge in [0, 0.05) is 6.07 Å². The van der Waals surface area contributed by atoms with Crippen LogP contribution in [0.3, 0.4) is 0 Å². The Labute approximate surface area is 87.1 Å². The Bertz CT molecular complexity index is 320. The second-order valence-corrected chi connectivity index (χ2v) is 3.54. The minimum Gasteiger partial charge on any atom is -0.394 e. The van der Waals surface area contributed by atoms with E-state index in [4.69, 9.17) is 21.7 Å². The molecule has 0 saturated carbocycles. The van der Waals surface area contributed by atoms with E-state index in [1.165, 1.54) is 6.07 Å². The number of nitrogens with two attached hydrogens (primary N) is 2. The third-order valence-electron chi connectivity index (χ3n) is 1.89. The third-order valence-corrected chi connectivity index (χ3v) is 1.89. The van der Waals surface area contributed by atoms with Gasteiger partial charge in [0.1, 0.15) is 11.6 Å². The molecule has 0 unspecified atom stereocenters. The molecule has 1 aromatic heterocycles. The molecule has 0 aromatic carbocycles. The molecule has 7 heteroatoms. The Morgan fingerprint density at radius 1 is 1.33 bits per heavy atom. The maximum atomic E-state index is 9.06. The van der Waals surface area contributed by atoms with Crippen LogP contribution < -0.4 is 16.8 Å². The van der Waals surface area contributed by atoms with E-state index in [9.17, 15) is 0 Å². The second kappa shape index (κ2) is 4.28. The number of rotatable bonds is 4. The molecule has 1 aromatic rings. The van der Waals surface area contributed by atoms with Gasteiger partial charge in [0.05, 0.1) is 18.8 Å². The summed E-state index contributed by atoms with van der Waals surface area (Å²) in [6, 6.07) is 1.47. The standard InChI is InChI=1S/C8H15N5O2/c1-8(3-14,4-15)13-6-2-5(9)11-7(10)12-6/h2,14-15H,3-4H2,1H3,(H5,9,10,11,12,13). The Hall–Kier alpha value is -1.60. The van der Waals surface area contributed by atoms with Crippen LogP contribution in [0.4, 0.5) is 17.6 Å². The minimum absolute atomic E-state index is 0.0377. The van der Waals surface area contributed by atoms with Crippen LogP contribution in [0.15, 0.2) is 6.07 Å². The molecule has 0 bridgehead atoms. The molecule has 0 fully saturated rings. The van der Waals surface area contributed by atoms with Gasteiger partial charge in [-0.25, -0.2) is 0 Å². The van der Waals surface area contributed by atoms with E-state index in [1.807, 2.05) is 0 Å². The molecule has 0 aliphatic carbocycles. The van der Waals surface area contributed by atoms with Gasteiger partial charge in [-0.15, -0.1) is 0 Å². The molecule has 7 N–H and O–H groups in total. The summed E-state index contributed by atoms with van der Waals surface area (Å²) in [4.78, 5) is 7.56. The number of nitrogens with zero attached hydrogens (tertiary/aromatic N) is 2. The van der Waals surface area contributed by atoms with Crippen LogP contribution in [0.5, 0.6) is 0 Å². The van der Waals surface area contributed by atoms with E-state index in [-0.39, 0.29) is 25.0 Å². The Morgan fingerprint density at radius 2 is 1.93 bits per heavy atom. The number of hydrogen-bond donors (Lipinski definition) is 5. The fourth-order valence-electron chi connectivity index (χ4n) is 0.988. The first-order valence-electron chi connectivity index (χ1n) is 4.39. The van der Waals surface area contributed by atoms with Crippen molar-refractivity contribution >= 4 is 17.6 Å². The number of nitrogen functional groups attached to an aromatic ring is 2. The monoisotopic (exact) mass is 213 g/mol. The molecule has 84 valence electrons. The van der Waals surface area contributed by atoms with Crippen molar-refractivity contribution in [2.75, 3.05) is 30.0 Å². The molecular formula is C8H15N5O2. The van der Waals surface area contributed by atoms with E-state index in [2.05, 4.69) is 15.3 Å². The van der Waals surface area contributed by atoms with E-state index in [0.717, 1.165) is 0 Å². The summed E-state index contributed by atoms with van der Waals surface area (Å²) >= 11 is 0. The zero-order valence-electron chi connectivity index (χ0n) is 8.44. The molecule has 0 aliphatic heterocycles. The Kier molecular flexibility index (Phi) is 3.28. The highest BCUT2D eigenvalue weighted by Gasteiger charge is 2.22. The fraction of sp³-hybridized carbons (Fsp3) is 0.500. The number of aliphatic hydroxyl groups is 2. The predicted octanol–water partition coefficient (Wildman–Crippen LogP) is -1.20. The fourth-order valence-corrected chi connectivity index (χ4v) is 0.988. The maximum absolute atomic E-state index is 9.06. The SMILES string of the molecule is CC(CO)(CO)Nc1cc(N)nc(N)n1. The summed E-state index contributed by atoms with van der Waals surface area (Å²) in [5, 5.41) is 20.9. The van der Waals surface area contributed by atoms with Crippen LogP contribution in [-0.4, -0.2) is 38.9 Å². The summed E-state index contributed by atoms with van der Waals surface area (Å²) in [5.74, 6) is 0.629. The van der Waals surface area contributed by atoms with Crippen molar-refractivity contribution in [1.29, 1.82) is 0 Å². The lowest BCUT2D eigenvalue weighted by molar-refractivity contribution is 0.147. The molecular weight excluding hydrogens is 198 g/mol. The van der Waals surface area contributed by atoms with Gasteiger partial charge in [-0.05, 0) is 6.92 Å². The van der Waals surface area contributed by atoms with Gasteiger partial charge in [-0.3, -0.25) is 0 Å². The van der Waals surface area contributed by atoms with E-state index in [1.54, 1.807) is 6.92 Å². The first kappa shape index (κ1) is 11.5. The van der Waals surface area contributed by atoms with Gasteiger partial charge in [-0.2, -0.15) is 9.97 Å². The highest BCUT2D eigenvalue weighted by atomic mass is 16.3. The lowest BCUT2D eigenvalue weighted by atomic mass is 10.1. The first-order valence-corrected chi connectivity index (χ1v) is 4.39. The predicted molar refractivity (Wildman–Crippen MR) is 57.1 cm³/mol. The molecule has 0 atom stereocenters. The molecule has 0 saturated heterocycles. The van der Waals surface area contributed by atoms with Gasteiger partial charge in [0.15, 0.2) is 0 Å². The molecule has 1 rings (SSSR count). The summed E-state index contributed by atoms with van der Waals surface area (Å²) < 4.78 is 0. The van der Waals surface area contributed by atoms with Crippen molar-refractivity contribution in [3.05, 3.63) is 6.07 Å². The second-order valence-electron chi connectivity index (χ2n) is 3.54. The van der Waals surface area contributed by atoms with E-state index < -0.39 is 5.54 Å².